The molecule has 2 aromatic carbocycles. The lowest BCUT2D eigenvalue weighted by Crippen LogP contribution is -2.48. The van der Waals surface area contributed by atoms with Gasteiger partial charge >= 0.3 is 0 Å². The first-order valence-corrected chi connectivity index (χ1v) is 10.4. The summed E-state index contributed by atoms with van der Waals surface area (Å²) in [6, 6.07) is 16.0. The summed E-state index contributed by atoms with van der Waals surface area (Å²) < 4.78 is 14.5. The maximum Gasteiger partial charge on any atom is 0.125 e. The Bertz CT molecular complexity index is 950. The summed E-state index contributed by atoms with van der Waals surface area (Å²) in [5, 5.41) is 4.29. The number of rotatable bonds is 5. The third-order valence-electron chi connectivity index (χ3n) is 5.36. The van der Waals surface area contributed by atoms with Gasteiger partial charge in [-0.2, -0.15) is 0 Å². The van der Waals surface area contributed by atoms with Crippen molar-refractivity contribution in [2.24, 2.45) is 0 Å². The SMILES string of the molecule is CN1CCN(CCNc2ccnc3c(Br)cc(F)cc23)C(c2ccccc2)C1. The molecule has 146 valence electrons. The number of hydrogen-bond donors (Lipinski definition) is 1. The zero-order valence-corrected chi connectivity index (χ0v) is 17.5. The fourth-order valence-corrected chi connectivity index (χ4v) is 4.42. The molecule has 1 aliphatic rings. The number of likely N-dealkylation sites (N-methyl/N-ethyl adjacent to an activating group) is 1. The molecule has 1 atom stereocenters. The predicted molar refractivity (Wildman–Crippen MR) is 116 cm³/mol. The minimum atomic E-state index is -0.265. The molecule has 1 fully saturated rings. The van der Waals surface area contributed by atoms with Crippen molar-refractivity contribution in [3.05, 3.63) is 70.6 Å². The van der Waals surface area contributed by atoms with Crippen LogP contribution in [0.3, 0.4) is 0 Å². The van der Waals surface area contributed by atoms with Gasteiger partial charge in [0, 0.05) is 60.5 Å². The molecule has 4 nitrogen and oxygen atoms in total. The number of aromatic nitrogens is 1. The first-order chi connectivity index (χ1) is 13.6. The van der Waals surface area contributed by atoms with E-state index in [1.807, 2.05) is 6.07 Å². The minimum Gasteiger partial charge on any atom is -0.383 e. The minimum absolute atomic E-state index is 0.265. The first-order valence-electron chi connectivity index (χ1n) is 9.57. The van der Waals surface area contributed by atoms with Gasteiger partial charge in [-0.3, -0.25) is 9.88 Å². The molecule has 28 heavy (non-hydrogen) atoms. The molecule has 3 aromatic rings. The van der Waals surface area contributed by atoms with Gasteiger partial charge in [-0.25, -0.2) is 4.39 Å². The molecule has 1 aromatic heterocycles. The van der Waals surface area contributed by atoms with Gasteiger partial charge < -0.3 is 10.2 Å². The highest BCUT2D eigenvalue weighted by atomic mass is 79.9. The number of pyridine rings is 1. The molecule has 2 heterocycles. The van der Waals surface area contributed by atoms with Crippen LogP contribution in [0.2, 0.25) is 0 Å². The molecule has 0 radical (unpaired) electrons. The van der Waals surface area contributed by atoms with Gasteiger partial charge in [0.25, 0.3) is 0 Å². The van der Waals surface area contributed by atoms with Crippen LogP contribution in [-0.4, -0.2) is 54.6 Å². The van der Waals surface area contributed by atoms with Gasteiger partial charge in [0.1, 0.15) is 5.82 Å². The topological polar surface area (TPSA) is 31.4 Å². The molecular formula is C22H24BrFN4. The van der Waals surface area contributed by atoms with E-state index >= 15 is 0 Å². The molecule has 4 rings (SSSR count). The van der Waals surface area contributed by atoms with Crippen molar-refractivity contribution in [1.82, 2.24) is 14.8 Å². The zero-order valence-electron chi connectivity index (χ0n) is 15.9. The van der Waals surface area contributed by atoms with Crippen molar-refractivity contribution < 1.29 is 4.39 Å². The molecule has 0 spiro atoms. The molecule has 0 saturated carbocycles. The van der Waals surface area contributed by atoms with E-state index < -0.39 is 0 Å². The van der Waals surface area contributed by atoms with E-state index in [2.05, 4.69) is 73.4 Å². The first kappa shape index (κ1) is 19.3. The van der Waals surface area contributed by atoms with Gasteiger partial charge in [0.15, 0.2) is 0 Å². The van der Waals surface area contributed by atoms with Crippen LogP contribution in [0.25, 0.3) is 10.9 Å². The number of benzene rings is 2. The molecule has 0 amide bonds. The lowest BCUT2D eigenvalue weighted by Gasteiger charge is -2.40. The van der Waals surface area contributed by atoms with Crippen LogP contribution in [0.4, 0.5) is 10.1 Å². The fraction of sp³-hybridized carbons (Fsp3) is 0.318. The van der Waals surface area contributed by atoms with E-state index in [4.69, 9.17) is 0 Å². The standard InChI is InChI=1S/C22H24BrFN4/c1-27-11-12-28(21(15-27)16-5-3-2-4-6-16)10-9-25-20-7-8-26-22-18(20)13-17(24)14-19(22)23/h2-8,13-14,21H,9-12,15H2,1H3,(H,25,26). The van der Waals surface area contributed by atoms with Crippen molar-refractivity contribution in [3.63, 3.8) is 0 Å². The van der Waals surface area contributed by atoms with E-state index in [0.29, 0.717) is 10.5 Å². The summed E-state index contributed by atoms with van der Waals surface area (Å²) >= 11 is 3.41. The average Bonchev–Trinajstić information content (AvgIpc) is 2.70. The van der Waals surface area contributed by atoms with E-state index in [1.165, 1.54) is 17.7 Å². The summed E-state index contributed by atoms with van der Waals surface area (Å²) in [7, 11) is 2.18. The van der Waals surface area contributed by atoms with E-state index in [0.717, 1.165) is 49.3 Å². The van der Waals surface area contributed by atoms with Gasteiger partial charge in [0.05, 0.1) is 5.52 Å². The van der Waals surface area contributed by atoms with Crippen molar-refractivity contribution >= 4 is 32.5 Å². The maximum absolute atomic E-state index is 13.9. The summed E-state index contributed by atoms with van der Waals surface area (Å²) in [6.45, 7) is 4.85. The van der Waals surface area contributed by atoms with E-state index in [9.17, 15) is 4.39 Å². The third-order valence-corrected chi connectivity index (χ3v) is 5.96. The number of nitrogens with zero attached hydrogens (tertiary/aromatic N) is 3. The Kier molecular flexibility index (Phi) is 5.90. The second kappa shape index (κ2) is 8.55. The zero-order chi connectivity index (χ0) is 19.5. The highest BCUT2D eigenvalue weighted by Gasteiger charge is 2.26. The Morgan fingerprint density at radius 3 is 2.82 bits per heavy atom. The molecule has 1 saturated heterocycles. The number of halogens is 2. The van der Waals surface area contributed by atoms with Gasteiger partial charge in [-0.15, -0.1) is 0 Å². The lowest BCUT2D eigenvalue weighted by atomic mass is 10.0. The maximum atomic E-state index is 13.9. The van der Waals surface area contributed by atoms with Crippen molar-refractivity contribution in [2.75, 3.05) is 45.1 Å². The van der Waals surface area contributed by atoms with Gasteiger partial charge in [-0.05, 0) is 46.7 Å². The molecule has 1 unspecified atom stereocenters. The van der Waals surface area contributed by atoms with E-state index in [-0.39, 0.29) is 5.82 Å². The van der Waals surface area contributed by atoms with Crippen LogP contribution < -0.4 is 5.32 Å². The average molecular weight is 443 g/mol. The number of anilines is 1. The monoisotopic (exact) mass is 442 g/mol. The number of piperazine rings is 1. The summed E-state index contributed by atoms with van der Waals surface area (Å²) in [4.78, 5) is 9.29. The summed E-state index contributed by atoms with van der Waals surface area (Å²) in [5.41, 5.74) is 3.04. The highest BCUT2D eigenvalue weighted by Crippen LogP contribution is 2.29. The van der Waals surface area contributed by atoms with Crippen LogP contribution >= 0.6 is 15.9 Å². The van der Waals surface area contributed by atoms with Crippen LogP contribution in [0.15, 0.2) is 59.2 Å². The smallest absolute Gasteiger partial charge is 0.125 e. The lowest BCUT2D eigenvalue weighted by molar-refractivity contribution is 0.0938. The number of nitrogens with one attached hydrogen (secondary N) is 1. The van der Waals surface area contributed by atoms with Gasteiger partial charge in [0.2, 0.25) is 0 Å². The Labute approximate surface area is 173 Å². The molecule has 0 bridgehead atoms. The second-order valence-corrected chi connectivity index (χ2v) is 8.15. The fourth-order valence-electron chi connectivity index (χ4n) is 3.88. The van der Waals surface area contributed by atoms with Crippen LogP contribution in [0, 0.1) is 5.82 Å². The Morgan fingerprint density at radius 2 is 2.00 bits per heavy atom. The predicted octanol–water partition coefficient (Wildman–Crippen LogP) is 4.54. The quantitative estimate of drug-likeness (QED) is 0.628. The molecule has 0 aliphatic carbocycles. The Balaban J connectivity index is 1.48. The highest BCUT2D eigenvalue weighted by molar-refractivity contribution is 9.10. The molecular weight excluding hydrogens is 419 g/mol. The van der Waals surface area contributed by atoms with Crippen LogP contribution in [-0.2, 0) is 0 Å². The largest absolute Gasteiger partial charge is 0.383 e. The van der Waals surface area contributed by atoms with Crippen LogP contribution in [0.5, 0.6) is 0 Å². The van der Waals surface area contributed by atoms with Crippen molar-refractivity contribution in [2.45, 2.75) is 6.04 Å². The van der Waals surface area contributed by atoms with Crippen LogP contribution in [0.1, 0.15) is 11.6 Å². The number of fused-ring (bicyclic) bond motifs is 1. The van der Waals surface area contributed by atoms with E-state index in [1.54, 1.807) is 6.20 Å². The molecule has 6 heteroatoms. The number of hydrogen-bond acceptors (Lipinski definition) is 4. The second-order valence-electron chi connectivity index (χ2n) is 7.29. The summed E-state index contributed by atoms with van der Waals surface area (Å²) in [6.07, 6.45) is 1.76. The Hall–Kier alpha value is -2.02. The third kappa shape index (κ3) is 4.19. The summed E-state index contributed by atoms with van der Waals surface area (Å²) in [5.74, 6) is -0.265. The van der Waals surface area contributed by atoms with Crippen molar-refractivity contribution in [1.29, 1.82) is 0 Å². The molecule has 1 N–H and O–H groups in total. The molecule has 1 aliphatic heterocycles. The van der Waals surface area contributed by atoms with Gasteiger partial charge in [-0.1, -0.05) is 30.3 Å². The normalized spacial score (nSPS) is 18.5. The Morgan fingerprint density at radius 1 is 1.18 bits per heavy atom. The van der Waals surface area contributed by atoms with Crippen molar-refractivity contribution in [3.8, 4) is 0 Å².